The van der Waals surface area contributed by atoms with Gasteiger partial charge in [-0.1, -0.05) is 18.9 Å². The van der Waals surface area contributed by atoms with Crippen LogP contribution in [0.3, 0.4) is 0 Å². The van der Waals surface area contributed by atoms with Gasteiger partial charge in [-0.3, -0.25) is 19.9 Å². The third kappa shape index (κ3) is 2.47. The van der Waals surface area contributed by atoms with Crippen molar-refractivity contribution >= 4 is 11.8 Å². The summed E-state index contributed by atoms with van der Waals surface area (Å²) in [6.45, 7) is 1.94. The summed E-state index contributed by atoms with van der Waals surface area (Å²) in [6.07, 6.45) is 6.82. The number of nitrogens with zero attached hydrogens (tertiary/aromatic N) is 1. The molecule has 0 radical (unpaired) electrons. The number of hydrogen-bond donors (Lipinski definition) is 1. The van der Waals surface area contributed by atoms with Crippen molar-refractivity contribution in [3.8, 4) is 0 Å². The topological polar surface area (TPSA) is 59.1 Å². The summed E-state index contributed by atoms with van der Waals surface area (Å²) in [5, 5.41) is 2.52. The Kier molecular flexibility index (Phi) is 3.55. The number of carbonyl (C=O) groups is 2. The molecule has 1 saturated carbocycles. The Morgan fingerprint density at radius 1 is 1.20 bits per heavy atom. The molecule has 4 nitrogen and oxygen atoms in total. The Morgan fingerprint density at radius 2 is 1.95 bits per heavy atom. The maximum absolute atomic E-state index is 12.3. The van der Waals surface area contributed by atoms with Crippen molar-refractivity contribution in [2.45, 2.75) is 44.9 Å². The van der Waals surface area contributed by atoms with Gasteiger partial charge in [0.2, 0.25) is 11.8 Å². The van der Waals surface area contributed by atoms with Gasteiger partial charge in [0.15, 0.2) is 0 Å². The van der Waals surface area contributed by atoms with Crippen LogP contribution in [0.15, 0.2) is 18.3 Å². The summed E-state index contributed by atoms with van der Waals surface area (Å²) in [4.78, 5) is 28.3. The Morgan fingerprint density at radius 3 is 2.60 bits per heavy atom. The van der Waals surface area contributed by atoms with Gasteiger partial charge in [0.1, 0.15) is 0 Å². The van der Waals surface area contributed by atoms with Crippen molar-refractivity contribution in [2.75, 3.05) is 0 Å². The van der Waals surface area contributed by atoms with E-state index in [0.29, 0.717) is 12.3 Å². The zero-order chi connectivity index (χ0) is 14.1. The molecule has 0 spiro atoms. The fourth-order valence-electron chi connectivity index (χ4n) is 3.66. The third-order valence-electron chi connectivity index (χ3n) is 4.67. The van der Waals surface area contributed by atoms with Crippen LogP contribution in [-0.2, 0) is 9.59 Å². The highest BCUT2D eigenvalue weighted by molar-refractivity contribution is 6.00. The van der Waals surface area contributed by atoms with Crippen LogP contribution in [0.5, 0.6) is 0 Å². The Labute approximate surface area is 119 Å². The highest BCUT2D eigenvalue weighted by atomic mass is 16.2. The van der Waals surface area contributed by atoms with Crippen molar-refractivity contribution in [1.82, 2.24) is 10.3 Å². The normalized spacial score (nSPS) is 27.6. The van der Waals surface area contributed by atoms with Gasteiger partial charge in [-0.2, -0.15) is 0 Å². The predicted octanol–water partition coefficient (Wildman–Crippen LogP) is 2.33. The van der Waals surface area contributed by atoms with E-state index in [2.05, 4.69) is 10.3 Å². The third-order valence-corrected chi connectivity index (χ3v) is 4.67. The molecule has 2 amide bonds. The number of nitrogens with one attached hydrogen (secondary N) is 1. The molecule has 1 aliphatic carbocycles. The molecular formula is C16H20N2O2. The molecule has 1 N–H and O–H groups in total. The molecule has 0 aromatic carbocycles. The first-order chi connectivity index (χ1) is 9.65. The molecule has 2 unspecified atom stereocenters. The summed E-state index contributed by atoms with van der Waals surface area (Å²) in [5.74, 6) is 0.0927. The average Bonchev–Trinajstić information content (AvgIpc) is 2.92. The van der Waals surface area contributed by atoms with Crippen LogP contribution in [0.2, 0.25) is 0 Å². The number of pyridine rings is 1. The first-order valence-corrected chi connectivity index (χ1v) is 7.41. The number of carbonyl (C=O) groups excluding carboxylic acids is 2. The quantitative estimate of drug-likeness (QED) is 0.841. The van der Waals surface area contributed by atoms with Crippen LogP contribution >= 0.6 is 0 Å². The van der Waals surface area contributed by atoms with E-state index in [-0.39, 0.29) is 23.7 Å². The predicted molar refractivity (Wildman–Crippen MR) is 74.9 cm³/mol. The Bertz CT molecular complexity index is 518. The average molecular weight is 272 g/mol. The number of piperidine rings is 1. The highest BCUT2D eigenvalue weighted by Crippen LogP contribution is 2.42. The van der Waals surface area contributed by atoms with Gasteiger partial charge in [-0.15, -0.1) is 0 Å². The lowest BCUT2D eigenvalue weighted by Gasteiger charge is -2.34. The molecule has 4 heteroatoms. The molecule has 2 fully saturated rings. The summed E-state index contributed by atoms with van der Waals surface area (Å²) in [7, 11) is 0. The van der Waals surface area contributed by atoms with E-state index in [1.165, 1.54) is 12.8 Å². The molecule has 20 heavy (non-hydrogen) atoms. The minimum atomic E-state index is -0.158. The lowest BCUT2D eigenvalue weighted by atomic mass is 9.73. The smallest absolute Gasteiger partial charge is 0.230 e. The monoisotopic (exact) mass is 272 g/mol. The summed E-state index contributed by atoms with van der Waals surface area (Å²) in [5.41, 5.74) is 1.98. The van der Waals surface area contributed by atoms with Crippen molar-refractivity contribution in [3.63, 3.8) is 0 Å². The van der Waals surface area contributed by atoms with E-state index in [1.54, 1.807) is 0 Å². The zero-order valence-electron chi connectivity index (χ0n) is 11.8. The number of imide groups is 1. The molecule has 1 aliphatic heterocycles. The van der Waals surface area contributed by atoms with Gasteiger partial charge in [0.25, 0.3) is 0 Å². The van der Waals surface area contributed by atoms with Crippen LogP contribution in [0.4, 0.5) is 0 Å². The fraction of sp³-hybridized carbons (Fsp3) is 0.562. The first-order valence-electron chi connectivity index (χ1n) is 7.41. The van der Waals surface area contributed by atoms with Crippen molar-refractivity contribution in [1.29, 1.82) is 0 Å². The molecule has 106 valence electrons. The van der Waals surface area contributed by atoms with Crippen molar-refractivity contribution in [3.05, 3.63) is 29.6 Å². The molecule has 1 aromatic rings. The second-order valence-electron chi connectivity index (χ2n) is 6.03. The molecule has 1 saturated heterocycles. The van der Waals surface area contributed by atoms with Crippen molar-refractivity contribution in [2.24, 2.45) is 11.8 Å². The van der Waals surface area contributed by atoms with E-state index in [0.717, 1.165) is 24.1 Å². The number of hydrogen-bond acceptors (Lipinski definition) is 3. The second kappa shape index (κ2) is 5.35. The number of amides is 2. The van der Waals surface area contributed by atoms with Crippen LogP contribution < -0.4 is 5.32 Å². The molecule has 2 aliphatic rings. The lowest BCUT2D eigenvalue weighted by molar-refractivity contribution is -0.138. The van der Waals surface area contributed by atoms with Gasteiger partial charge in [0, 0.05) is 30.1 Å². The Hall–Kier alpha value is -1.71. The van der Waals surface area contributed by atoms with E-state index < -0.39 is 0 Å². The zero-order valence-corrected chi connectivity index (χ0v) is 11.8. The highest BCUT2D eigenvalue weighted by Gasteiger charge is 2.42. The minimum absolute atomic E-state index is 0.00699. The molecule has 2 atom stereocenters. The van der Waals surface area contributed by atoms with Crippen LogP contribution in [0.25, 0.3) is 0 Å². The van der Waals surface area contributed by atoms with Crippen LogP contribution in [0.1, 0.15) is 49.3 Å². The fourth-order valence-corrected chi connectivity index (χ4v) is 3.66. The van der Waals surface area contributed by atoms with Crippen molar-refractivity contribution < 1.29 is 9.59 Å². The summed E-state index contributed by atoms with van der Waals surface area (Å²) in [6, 6.07) is 3.97. The number of rotatable bonds is 2. The van der Waals surface area contributed by atoms with Gasteiger partial charge in [0.05, 0.1) is 0 Å². The summed E-state index contributed by atoms with van der Waals surface area (Å²) < 4.78 is 0. The first kappa shape index (κ1) is 13.3. The van der Waals surface area contributed by atoms with Gasteiger partial charge in [-0.25, -0.2) is 0 Å². The van der Waals surface area contributed by atoms with Gasteiger partial charge < -0.3 is 0 Å². The number of aryl methyl sites for hydroxylation is 1. The van der Waals surface area contributed by atoms with E-state index in [1.807, 2.05) is 25.3 Å². The lowest BCUT2D eigenvalue weighted by Crippen LogP contribution is -2.47. The van der Waals surface area contributed by atoms with E-state index in [9.17, 15) is 9.59 Å². The maximum atomic E-state index is 12.3. The van der Waals surface area contributed by atoms with E-state index in [4.69, 9.17) is 0 Å². The largest absolute Gasteiger partial charge is 0.296 e. The van der Waals surface area contributed by atoms with Gasteiger partial charge in [-0.05, 0) is 37.3 Å². The maximum Gasteiger partial charge on any atom is 0.230 e. The van der Waals surface area contributed by atoms with E-state index >= 15 is 0 Å². The Balaban J connectivity index is 1.92. The van der Waals surface area contributed by atoms with Gasteiger partial charge >= 0.3 is 0 Å². The molecule has 0 bridgehead atoms. The second-order valence-corrected chi connectivity index (χ2v) is 6.03. The molecule has 3 rings (SSSR count). The number of aromatic nitrogens is 1. The molecule has 2 heterocycles. The SMILES string of the molecule is Cc1ccc(C2CC(=O)NC(=O)C2C2CCCC2)cn1. The summed E-state index contributed by atoms with van der Waals surface area (Å²) >= 11 is 0. The molecular weight excluding hydrogens is 252 g/mol. The molecule has 1 aromatic heterocycles. The van der Waals surface area contributed by atoms with Crippen LogP contribution in [0, 0.1) is 18.8 Å². The standard InChI is InChI=1S/C16H20N2O2/c1-10-6-7-12(9-17-10)13-8-14(19)18-16(20)15(13)11-4-2-3-5-11/h6-7,9,11,13,15H,2-5,8H2,1H3,(H,18,19,20). The minimum Gasteiger partial charge on any atom is -0.296 e. The van der Waals surface area contributed by atoms with Crippen LogP contribution in [-0.4, -0.2) is 16.8 Å².